The van der Waals surface area contributed by atoms with Gasteiger partial charge in [0.25, 0.3) is 5.91 Å². The van der Waals surface area contributed by atoms with E-state index < -0.39 is 11.4 Å². The number of benzene rings is 1. The van der Waals surface area contributed by atoms with Crippen LogP contribution in [0.2, 0.25) is 0 Å². The van der Waals surface area contributed by atoms with E-state index in [0.29, 0.717) is 25.1 Å². The third kappa shape index (κ3) is 2.53. The zero-order valence-corrected chi connectivity index (χ0v) is 10.7. The number of hydrogen-bond donors (Lipinski definition) is 1. The Bertz CT molecular complexity index is 447. The highest BCUT2D eigenvalue weighted by atomic mass is 19.1. The van der Waals surface area contributed by atoms with E-state index in [1.165, 1.54) is 12.1 Å². The predicted octanol–water partition coefficient (Wildman–Crippen LogP) is 2.12. The molecule has 2 rings (SSSR count). The number of aryl methyl sites for hydroxylation is 1. The van der Waals surface area contributed by atoms with Gasteiger partial charge in [0.2, 0.25) is 0 Å². The molecule has 18 heavy (non-hydrogen) atoms. The van der Waals surface area contributed by atoms with Crippen molar-refractivity contribution in [1.82, 2.24) is 4.90 Å². The summed E-state index contributed by atoms with van der Waals surface area (Å²) in [7, 11) is 0. The normalized spacial score (nSPS) is 17.4. The summed E-state index contributed by atoms with van der Waals surface area (Å²) in [5, 5.41) is 10.0. The molecule has 0 bridgehead atoms. The van der Waals surface area contributed by atoms with Gasteiger partial charge in [0.05, 0.1) is 18.7 Å². The molecule has 1 aromatic rings. The van der Waals surface area contributed by atoms with Crippen molar-refractivity contribution >= 4 is 5.91 Å². The van der Waals surface area contributed by atoms with Gasteiger partial charge < -0.3 is 10.0 Å². The number of carbonyl (C=O) groups excluding carboxylic acids is 1. The van der Waals surface area contributed by atoms with E-state index in [0.717, 1.165) is 12.0 Å². The lowest BCUT2D eigenvalue weighted by Gasteiger charge is -2.46. The molecule has 1 fully saturated rings. The number of carbonyl (C=O) groups is 1. The summed E-state index contributed by atoms with van der Waals surface area (Å²) in [6.07, 6.45) is 1.58. The molecule has 4 heteroatoms. The second kappa shape index (κ2) is 4.69. The second-order valence-electron chi connectivity index (χ2n) is 5.15. The number of likely N-dealkylation sites (tertiary alicyclic amines) is 1. The molecule has 98 valence electrons. The lowest BCUT2D eigenvalue weighted by Crippen LogP contribution is -2.63. The van der Waals surface area contributed by atoms with E-state index in [9.17, 15) is 14.3 Å². The minimum atomic E-state index is -0.743. The van der Waals surface area contributed by atoms with Crippen LogP contribution >= 0.6 is 0 Å². The van der Waals surface area contributed by atoms with Crippen LogP contribution in [0.15, 0.2) is 18.2 Å². The number of nitrogens with zero attached hydrogens (tertiary/aromatic N) is 1. The highest BCUT2D eigenvalue weighted by molar-refractivity contribution is 5.95. The average Bonchev–Trinajstić information content (AvgIpc) is 2.23. The minimum Gasteiger partial charge on any atom is -0.386 e. The van der Waals surface area contributed by atoms with Crippen molar-refractivity contribution in [2.45, 2.75) is 32.3 Å². The number of hydrogen-bond acceptors (Lipinski definition) is 2. The first kappa shape index (κ1) is 13.0. The summed E-state index contributed by atoms with van der Waals surface area (Å²) in [6.45, 7) is 4.44. The van der Waals surface area contributed by atoms with Crippen LogP contribution in [0.25, 0.3) is 0 Å². The summed E-state index contributed by atoms with van der Waals surface area (Å²) in [6, 6.07) is 4.30. The fourth-order valence-corrected chi connectivity index (χ4v) is 2.47. The minimum absolute atomic E-state index is 0.210. The molecule has 1 aliphatic rings. The van der Waals surface area contributed by atoms with Crippen molar-refractivity contribution in [1.29, 1.82) is 0 Å². The first-order chi connectivity index (χ1) is 8.43. The van der Waals surface area contributed by atoms with E-state index in [-0.39, 0.29) is 5.91 Å². The van der Waals surface area contributed by atoms with Crippen LogP contribution in [0, 0.1) is 12.7 Å². The van der Waals surface area contributed by atoms with E-state index in [1.807, 2.05) is 6.92 Å². The summed E-state index contributed by atoms with van der Waals surface area (Å²) >= 11 is 0. The SMILES string of the molecule is CCCC1(O)CN(C(=O)c2cc(C)cc(F)c2)C1. The second-order valence-corrected chi connectivity index (χ2v) is 5.15. The Morgan fingerprint density at radius 1 is 1.44 bits per heavy atom. The van der Waals surface area contributed by atoms with Crippen LogP contribution in [-0.2, 0) is 0 Å². The van der Waals surface area contributed by atoms with Gasteiger partial charge in [-0.25, -0.2) is 4.39 Å². The molecule has 1 aromatic carbocycles. The Hall–Kier alpha value is -1.42. The Balaban J connectivity index is 2.06. The Morgan fingerprint density at radius 3 is 2.67 bits per heavy atom. The van der Waals surface area contributed by atoms with Crippen molar-refractivity contribution in [3.05, 3.63) is 35.1 Å². The fourth-order valence-electron chi connectivity index (χ4n) is 2.47. The van der Waals surface area contributed by atoms with Gasteiger partial charge in [0.1, 0.15) is 5.82 Å². The Labute approximate surface area is 106 Å². The molecule has 1 heterocycles. The van der Waals surface area contributed by atoms with Crippen molar-refractivity contribution in [2.24, 2.45) is 0 Å². The molecule has 0 unspecified atom stereocenters. The van der Waals surface area contributed by atoms with Crippen LogP contribution in [0.4, 0.5) is 4.39 Å². The quantitative estimate of drug-likeness (QED) is 0.894. The van der Waals surface area contributed by atoms with Crippen molar-refractivity contribution in [2.75, 3.05) is 13.1 Å². The van der Waals surface area contributed by atoms with Crippen LogP contribution in [0.1, 0.15) is 35.7 Å². The van der Waals surface area contributed by atoms with E-state index >= 15 is 0 Å². The Morgan fingerprint density at radius 2 is 2.11 bits per heavy atom. The van der Waals surface area contributed by atoms with Gasteiger partial charge in [-0.15, -0.1) is 0 Å². The standard InChI is InChI=1S/C14H18FNO2/c1-3-4-14(18)8-16(9-14)13(17)11-5-10(2)6-12(15)7-11/h5-7,18H,3-4,8-9H2,1-2H3. The van der Waals surface area contributed by atoms with Gasteiger partial charge in [-0.2, -0.15) is 0 Å². The largest absolute Gasteiger partial charge is 0.386 e. The smallest absolute Gasteiger partial charge is 0.254 e. The van der Waals surface area contributed by atoms with Crippen LogP contribution in [0.5, 0.6) is 0 Å². The molecule has 0 saturated carbocycles. The van der Waals surface area contributed by atoms with Gasteiger partial charge >= 0.3 is 0 Å². The molecule has 0 aromatic heterocycles. The summed E-state index contributed by atoms with van der Waals surface area (Å²) in [4.78, 5) is 13.6. The van der Waals surface area contributed by atoms with Crippen molar-refractivity contribution < 1.29 is 14.3 Å². The number of β-amino-alcohol motifs (C(OH)–C–C–N with tert-alkyl or cyclic N) is 1. The lowest BCUT2D eigenvalue weighted by atomic mass is 9.88. The molecule has 0 aliphatic carbocycles. The third-order valence-electron chi connectivity index (χ3n) is 3.26. The molecule has 0 radical (unpaired) electrons. The number of rotatable bonds is 3. The monoisotopic (exact) mass is 251 g/mol. The van der Waals surface area contributed by atoms with Gasteiger partial charge in [-0.3, -0.25) is 4.79 Å². The Kier molecular flexibility index (Phi) is 3.39. The molecule has 1 aliphatic heterocycles. The summed E-state index contributed by atoms with van der Waals surface area (Å²) in [5.41, 5.74) is 0.334. The molecule has 1 saturated heterocycles. The first-order valence-corrected chi connectivity index (χ1v) is 6.22. The maximum atomic E-state index is 13.2. The third-order valence-corrected chi connectivity index (χ3v) is 3.26. The molecular formula is C14H18FNO2. The van der Waals surface area contributed by atoms with Crippen molar-refractivity contribution in [3.8, 4) is 0 Å². The maximum absolute atomic E-state index is 13.2. The molecular weight excluding hydrogens is 233 g/mol. The van der Waals surface area contributed by atoms with Gasteiger partial charge in [-0.05, 0) is 37.1 Å². The molecule has 3 nitrogen and oxygen atoms in total. The number of aliphatic hydroxyl groups is 1. The summed E-state index contributed by atoms with van der Waals surface area (Å²) < 4.78 is 13.2. The van der Waals surface area contributed by atoms with Crippen LogP contribution in [-0.4, -0.2) is 34.6 Å². The van der Waals surface area contributed by atoms with Gasteiger partial charge in [0, 0.05) is 5.56 Å². The number of amides is 1. The van der Waals surface area contributed by atoms with Gasteiger partial charge in [0.15, 0.2) is 0 Å². The average molecular weight is 251 g/mol. The highest BCUT2D eigenvalue weighted by Gasteiger charge is 2.42. The molecule has 1 amide bonds. The fraction of sp³-hybridized carbons (Fsp3) is 0.500. The molecule has 0 spiro atoms. The van der Waals surface area contributed by atoms with E-state index in [1.54, 1.807) is 17.9 Å². The zero-order valence-electron chi connectivity index (χ0n) is 10.7. The number of halogens is 1. The lowest BCUT2D eigenvalue weighted by molar-refractivity contribution is -0.0860. The highest BCUT2D eigenvalue weighted by Crippen LogP contribution is 2.27. The molecule has 1 N–H and O–H groups in total. The van der Waals surface area contributed by atoms with Crippen LogP contribution in [0.3, 0.4) is 0 Å². The topological polar surface area (TPSA) is 40.5 Å². The maximum Gasteiger partial charge on any atom is 0.254 e. The predicted molar refractivity (Wildman–Crippen MR) is 66.9 cm³/mol. The summed E-state index contributed by atoms with van der Waals surface area (Å²) in [5.74, 6) is -0.610. The van der Waals surface area contributed by atoms with Crippen molar-refractivity contribution in [3.63, 3.8) is 0 Å². The molecule has 0 atom stereocenters. The van der Waals surface area contributed by atoms with Gasteiger partial charge in [-0.1, -0.05) is 13.3 Å². The van der Waals surface area contributed by atoms with Crippen LogP contribution < -0.4 is 0 Å². The first-order valence-electron chi connectivity index (χ1n) is 6.22. The van der Waals surface area contributed by atoms with E-state index in [4.69, 9.17) is 0 Å². The zero-order chi connectivity index (χ0) is 13.3. The van der Waals surface area contributed by atoms with E-state index in [2.05, 4.69) is 0 Å².